The smallest absolute Gasteiger partial charge is 0.329 e. The van der Waals surface area contributed by atoms with Gasteiger partial charge in [-0.05, 0) is 35.7 Å². The van der Waals surface area contributed by atoms with Crippen molar-refractivity contribution in [3.8, 4) is 0 Å². The Bertz CT molecular complexity index is 720. The lowest BCUT2D eigenvalue weighted by atomic mass is 10.1. The largest absolute Gasteiger partial charge is 0.459 e. The summed E-state index contributed by atoms with van der Waals surface area (Å²) in [5.74, 6) is -0.605. The summed E-state index contributed by atoms with van der Waals surface area (Å²) in [6.45, 7) is 3.78. The van der Waals surface area contributed by atoms with E-state index in [9.17, 15) is 9.59 Å². The van der Waals surface area contributed by atoms with Crippen molar-refractivity contribution in [2.75, 3.05) is 5.32 Å². The molecular formula is C19H21ClN2O3. The topological polar surface area (TPSA) is 67.4 Å². The van der Waals surface area contributed by atoms with Crippen LogP contribution in [0.4, 0.5) is 10.5 Å². The molecule has 5 nitrogen and oxygen atoms in total. The van der Waals surface area contributed by atoms with Crippen molar-refractivity contribution in [1.29, 1.82) is 0 Å². The van der Waals surface area contributed by atoms with E-state index in [2.05, 4.69) is 10.6 Å². The second-order valence-corrected chi connectivity index (χ2v) is 6.36. The Kier molecular flexibility index (Phi) is 6.83. The van der Waals surface area contributed by atoms with Crippen molar-refractivity contribution in [2.24, 2.45) is 5.92 Å². The van der Waals surface area contributed by atoms with E-state index in [0.29, 0.717) is 10.7 Å². The monoisotopic (exact) mass is 360 g/mol. The molecule has 132 valence electrons. The molecule has 0 unspecified atom stereocenters. The number of rotatable bonds is 6. The molecule has 0 aliphatic carbocycles. The first-order chi connectivity index (χ1) is 12.0. The zero-order valence-electron chi connectivity index (χ0n) is 14.2. The third kappa shape index (κ3) is 6.12. The summed E-state index contributed by atoms with van der Waals surface area (Å²) in [4.78, 5) is 24.4. The quantitative estimate of drug-likeness (QED) is 0.757. The van der Waals surface area contributed by atoms with Gasteiger partial charge >= 0.3 is 12.0 Å². The van der Waals surface area contributed by atoms with Gasteiger partial charge in [0.1, 0.15) is 12.6 Å². The summed E-state index contributed by atoms with van der Waals surface area (Å²) in [6, 6.07) is 14.9. The van der Waals surface area contributed by atoms with Gasteiger partial charge in [-0.1, -0.05) is 55.8 Å². The molecule has 0 spiro atoms. The molecule has 0 radical (unpaired) electrons. The standard InChI is InChI=1S/C19H21ClN2O3/c1-13(2)17(22-19(24)21-16-9-4-3-5-10-16)18(23)25-12-14-7-6-8-15(20)11-14/h3-11,13,17H,12H2,1-2H3,(H2,21,22,24)/t17-/m0/s1. The minimum Gasteiger partial charge on any atom is -0.459 e. The number of esters is 1. The van der Waals surface area contributed by atoms with Gasteiger partial charge in [0.05, 0.1) is 0 Å². The van der Waals surface area contributed by atoms with E-state index in [1.807, 2.05) is 38.1 Å². The molecule has 2 aromatic carbocycles. The fraction of sp³-hybridized carbons (Fsp3) is 0.263. The zero-order valence-corrected chi connectivity index (χ0v) is 14.9. The fourth-order valence-electron chi connectivity index (χ4n) is 2.20. The lowest BCUT2D eigenvalue weighted by Gasteiger charge is -2.21. The first kappa shape index (κ1) is 18.8. The highest BCUT2D eigenvalue weighted by Crippen LogP contribution is 2.13. The van der Waals surface area contributed by atoms with Crippen molar-refractivity contribution < 1.29 is 14.3 Å². The highest BCUT2D eigenvalue weighted by atomic mass is 35.5. The number of hydrogen-bond acceptors (Lipinski definition) is 3. The number of halogens is 1. The third-order valence-corrected chi connectivity index (χ3v) is 3.74. The Morgan fingerprint density at radius 2 is 1.80 bits per heavy atom. The van der Waals surface area contributed by atoms with E-state index >= 15 is 0 Å². The Balaban J connectivity index is 1.92. The van der Waals surface area contributed by atoms with Gasteiger partial charge in [0.2, 0.25) is 0 Å². The van der Waals surface area contributed by atoms with E-state index in [1.54, 1.807) is 30.3 Å². The van der Waals surface area contributed by atoms with E-state index < -0.39 is 18.0 Å². The van der Waals surface area contributed by atoms with Gasteiger partial charge in [0, 0.05) is 10.7 Å². The van der Waals surface area contributed by atoms with Crippen molar-refractivity contribution in [1.82, 2.24) is 5.32 Å². The van der Waals surface area contributed by atoms with Crippen molar-refractivity contribution in [3.63, 3.8) is 0 Å². The van der Waals surface area contributed by atoms with E-state index in [0.717, 1.165) is 5.56 Å². The molecule has 0 aliphatic heterocycles. The van der Waals surface area contributed by atoms with Crippen molar-refractivity contribution in [2.45, 2.75) is 26.5 Å². The Hall–Kier alpha value is -2.53. The Morgan fingerprint density at radius 1 is 1.08 bits per heavy atom. The summed E-state index contributed by atoms with van der Waals surface area (Å²) in [6.07, 6.45) is 0. The second kappa shape index (κ2) is 9.08. The van der Waals surface area contributed by atoms with Gasteiger partial charge in [-0.2, -0.15) is 0 Å². The molecule has 0 saturated heterocycles. The van der Waals surface area contributed by atoms with Crippen LogP contribution in [-0.2, 0) is 16.1 Å². The summed E-state index contributed by atoms with van der Waals surface area (Å²) in [5.41, 5.74) is 1.44. The number of ether oxygens (including phenoxy) is 1. The number of anilines is 1. The summed E-state index contributed by atoms with van der Waals surface area (Å²) >= 11 is 5.91. The number of nitrogens with one attached hydrogen (secondary N) is 2. The van der Waals surface area contributed by atoms with Crippen molar-refractivity contribution >= 4 is 29.3 Å². The molecule has 2 rings (SSSR count). The normalized spacial score (nSPS) is 11.7. The van der Waals surface area contributed by atoms with E-state index in [1.165, 1.54) is 0 Å². The molecule has 0 heterocycles. The number of urea groups is 1. The van der Waals surface area contributed by atoms with Gasteiger partial charge < -0.3 is 15.4 Å². The molecule has 1 atom stereocenters. The molecule has 25 heavy (non-hydrogen) atoms. The maximum atomic E-state index is 12.3. The van der Waals surface area contributed by atoms with Crippen LogP contribution in [0.3, 0.4) is 0 Å². The molecule has 6 heteroatoms. The molecule has 0 aliphatic rings. The lowest BCUT2D eigenvalue weighted by molar-refractivity contribution is -0.148. The van der Waals surface area contributed by atoms with E-state index in [4.69, 9.17) is 16.3 Å². The van der Waals surface area contributed by atoms with Crippen LogP contribution in [0, 0.1) is 5.92 Å². The first-order valence-corrected chi connectivity index (χ1v) is 8.37. The maximum absolute atomic E-state index is 12.3. The predicted octanol–water partition coefficient (Wildman–Crippen LogP) is 4.23. The van der Waals surface area contributed by atoms with Gasteiger partial charge in [0.15, 0.2) is 0 Å². The minimum absolute atomic E-state index is 0.102. The third-order valence-electron chi connectivity index (χ3n) is 3.51. The van der Waals surface area contributed by atoms with Crippen LogP contribution >= 0.6 is 11.6 Å². The highest BCUT2D eigenvalue weighted by Gasteiger charge is 2.25. The summed E-state index contributed by atoms with van der Waals surface area (Å²) in [7, 11) is 0. The predicted molar refractivity (Wildman–Crippen MR) is 98.5 cm³/mol. The number of para-hydroxylation sites is 1. The minimum atomic E-state index is -0.747. The number of carbonyl (C=O) groups excluding carboxylic acids is 2. The lowest BCUT2D eigenvalue weighted by Crippen LogP contribution is -2.47. The van der Waals surface area contributed by atoms with Gasteiger partial charge in [-0.3, -0.25) is 0 Å². The average Bonchev–Trinajstić information content (AvgIpc) is 2.58. The van der Waals surface area contributed by atoms with Gasteiger partial charge in [-0.25, -0.2) is 9.59 Å². The fourth-order valence-corrected chi connectivity index (χ4v) is 2.41. The first-order valence-electron chi connectivity index (χ1n) is 7.99. The summed E-state index contributed by atoms with van der Waals surface area (Å²) in [5, 5.41) is 5.93. The van der Waals surface area contributed by atoms with Crippen LogP contribution in [0.1, 0.15) is 19.4 Å². The second-order valence-electron chi connectivity index (χ2n) is 5.92. The van der Waals surface area contributed by atoms with Gasteiger partial charge in [0.25, 0.3) is 0 Å². The van der Waals surface area contributed by atoms with Crippen LogP contribution in [0.2, 0.25) is 5.02 Å². The number of benzene rings is 2. The average molecular weight is 361 g/mol. The number of carbonyl (C=O) groups is 2. The maximum Gasteiger partial charge on any atom is 0.329 e. The molecule has 0 saturated carbocycles. The number of amides is 2. The molecule has 2 aromatic rings. The van der Waals surface area contributed by atoms with Crippen LogP contribution in [0.5, 0.6) is 0 Å². The molecular weight excluding hydrogens is 340 g/mol. The van der Waals surface area contributed by atoms with Gasteiger partial charge in [-0.15, -0.1) is 0 Å². The summed E-state index contributed by atoms with van der Waals surface area (Å²) < 4.78 is 5.32. The Labute approximate surface area is 152 Å². The van der Waals surface area contributed by atoms with Crippen LogP contribution < -0.4 is 10.6 Å². The van der Waals surface area contributed by atoms with Crippen LogP contribution in [0.25, 0.3) is 0 Å². The molecule has 0 aromatic heterocycles. The van der Waals surface area contributed by atoms with Crippen LogP contribution in [0.15, 0.2) is 54.6 Å². The highest BCUT2D eigenvalue weighted by molar-refractivity contribution is 6.30. The van der Waals surface area contributed by atoms with E-state index in [-0.39, 0.29) is 12.5 Å². The molecule has 2 amide bonds. The zero-order chi connectivity index (χ0) is 18.2. The van der Waals surface area contributed by atoms with Crippen molar-refractivity contribution in [3.05, 3.63) is 65.2 Å². The SMILES string of the molecule is CC(C)[C@H](NC(=O)Nc1ccccc1)C(=O)OCc1cccc(Cl)c1. The Morgan fingerprint density at radius 3 is 2.44 bits per heavy atom. The molecule has 0 bridgehead atoms. The number of hydrogen-bond donors (Lipinski definition) is 2. The van der Waals surface area contributed by atoms with Crippen LogP contribution in [-0.4, -0.2) is 18.0 Å². The molecule has 0 fully saturated rings. The molecule has 2 N–H and O–H groups in total.